The molecule has 4 N–H and O–H groups in total. The van der Waals surface area contributed by atoms with Gasteiger partial charge in [0.1, 0.15) is 17.9 Å². The van der Waals surface area contributed by atoms with Crippen LogP contribution in [-0.4, -0.2) is 146 Å². The molecular weight excluding hydrogens is 1530 g/mol. The number of allylic oxidation sites excluding steroid dienone is 1. The summed E-state index contributed by atoms with van der Waals surface area (Å²) in [7, 11) is 3.40. The Kier molecular flexibility index (Phi) is 25.2. The van der Waals surface area contributed by atoms with E-state index in [0.29, 0.717) is 147 Å². The number of methoxy groups -OCH3 is 2. The smallest absolute Gasteiger partial charge is 0.266 e. The van der Waals surface area contributed by atoms with E-state index < -0.39 is 47.1 Å². The van der Waals surface area contributed by atoms with Crippen LogP contribution in [0.2, 0.25) is 0 Å². The highest BCUT2D eigenvalue weighted by Gasteiger charge is 2.66. The standard InChI is InChI=1S/C26H40N2O3.C25H35F3N2O.C25H38N2O3.C24H35FN2O2/c1-17-13-27-28(14-17)15-24(29)23-7-6-22-21-5-4-18-12-26(30,16-31-3)11-9-19(18)20(21)8-10-25(22,23)2;1-15(14-30-11-3-10-29-30)20-4-5-21-18-12-22(26)19-13-25(31,23(27)28)9-7-17(19)16(18)6-8-24(20,21)2;1-24-10-8-19-18-9-11-25(29,16-30-2)14-17(18)4-5-20(19)21(24)6-7-22(24)23(28)15-27-13-3-12-26-27;1-23(29)8-6-16-15-7-9-24(2)19(17(15)12-21(25)18(16)13-23)4-5-20(24)22(28)14-27-11-3-10-26-27/h13-14,18-23,30H,4-12,15-16H2,1-3H3;3,10-11,16-23,31H,1,4-9,12-14H2,2H3;3,12-13,17-22,29H,4-11,14-16H2,1-2H3;3,10-11,15-21,29H,4-9,12-14H2,1-2H3/t18-,19+,20-,21-,22+,23-,25+,26-;16-,17-,18-,19-,20-,21+,22-,24-,25-;17-,18+,19-,20-,21+,22-,24+,25-;15-,16-,17-,18-,19+,20-,21-,23-,24+/m1111/s1. The van der Waals surface area contributed by atoms with Gasteiger partial charge in [-0.15, -0.1) is 0 Å². The number of aliphatic hydroxyl groups is 4. The lowest BCUT2D eigenvalue weighted by molar-refractivity contribution is -0.172. The van der Waals surface area contributed by atoms with Crippen molar-refractivity contribution in [1.82, 2.24) is 39.1 Å². The molecule has 16 aliphatic carbocycles. The van der Waals surface area contributed by atoms with Gasteiger partial charge in [0, 0.05) is 75.4 Å². The van der Waals surface area contributed by atoms with Gasteiger partial charge in [0.2, 0.25) is 0 Å². The number of ketones is 3. The summed E-state index contributed by atoms with van der Waals surface area (Å²) in [6, 6.07) is 5.68. The van der Waals surface area contributed by atoms with E-state index in [2.05, 4.69) is 54.7 Å². The minimum absolute atomic E-state index is 0.0120. The van der Waals surface area contributed by atoms with Crippen LogP contribution in [-0.2, 0) is 50.0 Å². The summed E-state index contributed by atoms with van der Waals surface area (Å²) in [6.07, 6.45) is 43.3. The highest BCUT2D eigenvalue weighted by molar-refractivity contribution is 5.83. The Labute approximate surface area is 718 Å². The van der Waals surface area contributed by atoms with Gasteiger partial charge >= 0.3 is 0 Å². The van der Waals surface area contributed by atoms with Gasteiger partial charge in [0.25, 0.3) is 6.43 Å². The number of carbonyl (C=O) groups is 3. The second-order valence-corrected chi connectivity index (χ2v) is 45.2. The first-order chi connectivity index (χ1) is 57.8. The topological polar surface area (TPSA) is 222 Å². The number of ether oxygens (including phenoxy) is 2. The average molecular weight is 1680 g/mol. The van der Waals surface area contributed by atoms with Gasteiger partial charge in [0.15, 0.2) is 17.3 Å². The minimum Gasteiger partial charge on any atom is -0.390 e. The molecule has 0 aliphatic heterocycles. The van der Waals surface area contributed by atoms with Gasteiger partial charge in [-0.1, -0.05) is 39.8 Å². The predicted molar refractivity (Wildman–Crippen MR) is 456 cm³/mol. The summed E-state index contributed by atoms with van der Waals surface area (Å²) in [5, 5.41) is 59.9. The van der Waals surface area contributed by atoms with Crippen LogP contribution in [0.25, 0.3) is 0 Å². The molecule has 20 rings (SSSR count). The highest BCUT2D eigenvalue weighted by atomic mass is 19.3. The van der Waals surface area contributed by atoms with Crippen LogP contribution in [0.5, 0.6) is 0 Å². The molecule has 121 heavy (non-hydrogen) atoms. The zero-order chi connectivity index (χ0) is 85.1. The van der Waals surface area contributed by atoms with Crippen molar-refractivity contribution in [2.45, 2.75) is 327 Å². The van der Waals surface area contributed by atoms with Crippen LogP contribution in [0, 0.1) is 171 Å². The third kappa shape index (κ3) is 16.7. The van der Waals surface area contributed by atoms with Crippen LogP contribution in [0.1, 0.15) is 258 Å². The van der Waals surface area contributed by atoms with E-state index in [4.69, 9.17) is 9.47 Å². The average Bonchev–Trinajstić information content (AvgIpc) is 1.66. The zero-order valence-electron chi connectivity index (χ0n) is 74.4. The number of hydrogen-bond donors (Lipinski definition) is 4. The fourth-order valence-electron chi connectivity index (χ4n) is 33.9. The van der Waals surface area contributed by atoms with Crippen molar-refractivity contribution in [3.63, 3.8) is 0 Å². The number of fused-ring (bicyclic) bond motifs is 20. The lowest BCUT2D eigenvalue weighted by atomic mass is 9.48. The molecule has 16 fully saturated rings. The number of aryl methyl sites for hydroxylation is 1. The Hall–Kier alpha value is -4.93. The Morgan fingerprint density at radius 1 is 0.421 bits per heavy atom. The maximum Gasteiger partial charge on any atom is 0.266 e. The molecule has 0 unspecified atom stereocenters. The SMILES string of the molecule is C=C(Cn1cccn1)[C@H]1CC[C@H]2[C@@H]3C[C@@H](F)[C@@H]4C[C@@](O)(C(F)F)CC[C@@H]4[C@H]3CC[C@]12C.COC[C@@]1(O)CC[C@H]2[C@H](CC[C@@H]3[C@@H]2CC[C@]2(C)[C@@H](C(=O)Cn4cc(C)cn4)CC[C@@H]32)C1.COC[C@@]1(O)CC[C@H]2[C@H](CC[C@@H]3[C@@H]2CC[C@]2(C)[C@@H](C(=O)Cn4cccn4)CC[C@@H]32)C1.C[C@@]1(O)CC[C@@H]2[C@H]3CC[C@]4(C)[C@@H](C(=O)Cn5cccn5)CC[C@H]4[C@@H]3C[C@@H](F)[C@@H]2C1. The molecule has 34 atom stereocenters. The minimum atomic E-state index is -2.79. The maximum absolute atomic E-state index is 15.4. The van der Waals surface area contributed by atoms with Crippen LogP contribution in [0.15, 0.2) is 79.9 Å². The van der Waals surface area contributed by atoms with E-state index in [1.165, 1.54) is 69.8 Å². The first kappa shape index (κ1) is 88.1. The molecule has 0 bridgehead atoms. The third-order valence-electron chi connectivity index (χ3n) is 39.2. The van der Waals surface area contributed by atoms with Crippen LogP contribution in [0.4, 0.5) is 17.6 Å². The van der Waals surface area contributed by atoms with Gasteiger partial charge in [-0.2, -0.15) is 20.4 Å². The predicted octanol–water partition coefficient (Wildman–Crippen LogP) is 18.6. The van der Waals surface area contributed by atoms with Crippen molar-refractivity contribution in [3.05, 3.63) is 85.5 Å². The molecule has 670 valence electrons. The molecule has 0 amide bonds. The Balaban J connectivity index is 0.000000115. The molecule has 4 heterocycles. The summed E-state index contributed by atoms with van der Waals surface area (Å²) in [5.74, 6) is 12.2. The summed E-state index contributed by atoms with van der Waals surface area (Å²) < 4.78 is 75.5. The van der Waals surface area contributed by atoms with E-state index in [1.54, 1.807) is 42.2 Å². The van der Waals surface area contributed by atoms with Gasteiger partial charge < -0.3 is 29.9 Å². The van der Waals surface area contributed by atoms with Gasteiger partial charge in [-0.05, 0) is 402 Å². The van der Waals surface area contributed by atoms with Gasteiger partial charge in [0.05, 0.1) is 62.4 Å². The number of aromatic nitrogens is 8. The number of rotatable bonds is 17. The lowest BCUT2D eigenvalue weighted by Crippen LogP contribution is -2.55. The fourth-order valence-corrected chi connectivity index (χ4v) is 33.9. The molecule has 21 heteroatoms. The number of carbonyl (C=O) groups excluding carboxylic acids is 3. The number of hydrogen-bond acceptors (Lipinski definition) is 13. The van der Waals surface area contributed by atoms with Crippen LogP contribution < -0.4 is 0 Å². The molecular formula is C100H148F4N8O9. The molecule has 16 aliphatic rings. The molecule has 17 nitrogen and oxygen atoms in total. The van der Waals surface area contributed by atoms with Gasteiger partial charge in [-0.25, -0.2) is 17.6 Å². The van der Waals surface area contributed by atoms with E-state index in [0.717, 1.165) is 163 Å². The molecule has 0 saturated heterocycles. The highest BCUT2D eigenvalue weighted by Crippen LogP contribution is 2.71. The van der Waals surface area contributed by atoms with Crippen molar-refractivity contribution in [1.29, 1.82) is 0 Å². The Morgan fingerprint density at radius 3 is 1.19 bits per heavy atom. The summed E-state index contributed by atoms with van der Waals surface area (Å²) in [6.45, 7) is 20.8. The molecule has 4 aromatic heterocycles. The van der Waals surface area contributed by atoms with Gasteiger partial charge in [-0.3, -0.25) is 33.1 Å². The molecule has 16 saturated carbocycles. The first-order valence-electron chi connectivity index (χ1n) is 48.4. The first-order valence-corrected chi connectivity index (χ1v) is 48.4. The van der Waals surface area contributed by atoms with E-state index in [9.17, 15) is 43.6 Å². The summed E-state index contributed by atoms with van der Waals surface area (Å²) >= 11 is 0. The van der Waals surface area contributed by atoms with E-state index >= 15 is 8.78 Å². The molecule has 0 spiro atoms. The normalized spacial score (nSPS) is 46.5. The lowest BCUT2D eigenvalue weighted by Gasteiger charge is -2.58. The Bertz CT molecular complexity index is 4220. The number of halogens is 4. The third-order valence-corrected chi connectivity index (χ3v) is 39.2. The number of Topliss-reactive ketones (excluding diaryl/α,β-unsaturated/α-hetero) is 3. The zero-order valence-corrected chi connectivity index (χ0v) is 74.4. The molecule has 0 radical (unpaired) electrons. The number of nitrogens with zero attached hydrogens (tertiary/aromatic N) is 8. The van der Waals surface area contributed by atoms with Crippen molar-refractivity contribution in [3.8, 4) is 0 Å². The largest absolute Gasteiger partial charge is 0.390 e. The quantitative estimate of drug-likeness (QED) is 0.0571. The number of alkyl halides is 4. The maximum atomic E-state index is 15.4. The second-order valence-electron chi connectivity index (χ2n) is 45.2. The monoisotopic (exact) mass is 1680 g/mol. The Morgan fingerprint density at radius 2 is 0.785 bits per heavy atom. The van der Waals surface area contributed by atoms with Crippen molar-refractivity contribution < 1.29 is 61.8 Å². The van der Waals surface area contributed by atoms with E-state index in [-0.39, 0.29) is 64.1 Å². The van der Waals surface area contributed by atoms with Crippen molar-refractivity contribution in [2.24, 2.45) is 164 Å². The summed E-state index contributed by atoms with van der Waals surface area (Å²) in [4.78, 5) is 39.6. The van der Waals surface area contributed by atoms with Crippen molar-refractivity contribution in [2.75, 3.05) is 27.4 Å². The summed E-state index contributed by atoms with van der Waals surface area (Å²) in [5.41, 5.74) is -1.09. The van der Waals surface area contributed by atoms with E-state index in [1.807, 2.05) is 72.4 Å². The van der Waals surface area contributed by atoms with Crippen LogP contribution in [0.3, 0.4) is 0 Å². The molecule has 0 aromatic carbocycles. The molecule has 4 aromatic rings. The second kappa shape index (κ2) is 34.6. The van der Waals surface area contributed by atoms with Crippen molar-refractivity contribution >= 4 is 17.3 Å². The fraction of sp³-hybridized carbons (Fsp3) is 0.830. The van der Waals surface area contributed by atoms with Crippen LogP contribution >= 0.6 is 0 Å².